The van der Waals surface area contributed by atoms with Gasteiger partial charge in [-0.3, -0.25) is 4.68 Å². The van der Waals surface area contributed by atoms with Gasteiger partial charge in [0, 0.05) is 51.3 Å². The average Bonchev–Trinajstić information content (AvgIpc) is 3.47. The van der Waals surface area contributed by atoms with E-state index in [1.807, 2.05) is 30.1 Å². The van der Waals surface area contributed by atoms with Crippen molar-refractivity contribution >= 4 is 33.7 Å². The molecule has 1 aliphatic carbocycles. The van der Waals surface area contributed by atoms with Gasteiger partial charge in [-0.1, -0.05) is 0 Å². The standard InChI is InChI=1S/C21H23N7O2S/c1-27-5-3-16(26-27)17-11-15-18(23-14-9-13(10-14)12-29)24-19(25-21(15)31-17)20-22-4-6-28(20)7-8-30-2/h3-6,11-14H,7-10H2,1-2H3,(H,23,24,25)/t13-,14+. The molecule has 0 radical (unpaired) electrons. The Bertz CT molecular complexity index is 1220. The number of imidazole rings is 1. The fourth-order valence-electron chi connectivity index (χ4n) is 3.77. The van der Waals surface area contributed by atoms with Crippen LogP contribution in [0.3, 0.4) is 0 Å². The molecule has 0 atom stereocenters. The SMILES string of the molecule is COCCn1ccnc1-c1nc(N[C@H]2C[C@@H](C=O)C2)c2cc(-c3ccn(C)n3)sc2n1. The maximum Gasteiger partial charge on any atom is 0.199 e. The smallest absolute Gasteiger partial charge is 0.199 e. The molecule has 0 bridgehead atoms. The first-order valence-electron chi connectivity index (χ1n) is 10.2. The van der Waals surface area contributed by atoms with Gasteiger partial charge in [-0.05, 0) is 25.0 Å². The van der Waals surface area contributed by atoms with E-state index in [1.165, 1.54) is 0 Å². The third kappa shape index (κ3) is 3.84. The number of fused-ring (bicyclic) bond motifs is 1. The average molecular weight is 438 g/mol. The third-order valence-electron chi connectivity index (χ3n) is 5.52. The first-order valence-corrected chi connectivity index (χ1v) is 11.0. The number of rotatable bonds is 8. The highest BCUT2D eigenvalue weighted by atomic mass is 32.1. The number of aryl methyl sites for hydroxylation is 1. The Morgan fingerprint density at radius 2 is 2.19 bits per heavy atom. The summed E-state index contributed by atoms with van der Waals surface area (Å²) in [6.07, 6.45) is 8.27. The van der Waals surface area contributed by atoms with Crippen LogP contribution in [-0.2, 0) is 23.1 Å². The Hall–Kier alpha value is -3.11. The van der Waals surface area contributed by atoms with E-state index in [4.69, 9.17) is 14.7 Å². The van der Waals surface area contributed by atoms with Crippen molar-refractivity contribution < 1.29 is 9.53 Å². The number of aldehydes is 1. The molecule has 0 aromatic carbocycles. The second-order valence-electron chi connectivity index (χ2n) is 7.75. The number of methoxy groups -OCH3 is 1. The highest BCUT2D eigenvalue weighted by Gasteiger charge is 2.30. The number of anilines is 1. The van der Waals surface area contributed by atoms with E-state index in [0.29, 0.717) is 24.8 Å². The predicted octanol–water partition coefficient (Wildman–Crippen LogP) is 2.99. The molecule has 10 heteroatoms. The third-order valence-corrected chi connectivity index (χ3v) is 6.57. The number of nitrogens with one attached hydrogen (secondary N) is 1. The van der Waals surface area contributed by atoms with Crippen LogP contribution in [0.2, 0.25) is 0 Å². The second-order valence-corrected chi connectivity index (χ2v) is 8.78. The maximum atomic E-state index is 11.0. The molecule has 0 amide bonds. The molecule has 31 heavy (non-hydrogen) atoms. The van der Waals surface area contributed by atoms with Gasteiger partial charge in [0.2, 0.25) is 0 Å². The molecule has 0 saturated heterocycles. The van der Waals surface area contributed by atoms with E-state index in [9.17, 15) is 4.79 Å². The molecule has 1 fully saturated rings. The number of nitrogens with zero attached hydrogens (tertiary/aromatic N) is 6. The molecular formula is C21H23N7O2S. The largest absolute Gasteiger partial charge is 0.383 e. The minimum Gasteiger partial charge on any atom is -0.383 e. The van der Waals surface area contributed by atoms with Gasteiger partial charge in [0.1, 0.15) is 22.6 Å². The van der Waals surface area contributed by atoms with Crippen molar-refractivity contribution in [2.24, 2.45) is 13.0 Å². The lowest BCUT2D eigenvalue weighted by Crippen LogP contribution is -2.36. The lowest BCUT2D eigenvalue weighted by atomic mass is 9.81. The molecule has 0 unspecified atom stereocenters. The quantitative estimate of drug-likeness (QED) is 0.423. The lowest BCUT2D eigenvalue weighted by molar-refractivity contribution is -0.113. The van der Waals surface area contributed by atoms with Gasteiger partial charge in [0.05, 0.1) is 16.9 Å². The molecule has 5 rings (SSSR count). The summed E-state index contributed by atoms with van der Waals surface area (Å²) in [4.78, 5) is 27.1. The van der Waals surface area contributed by atoms with Crippen LogP contribution in [0.15, 0.2) is 30.7 Å². The first kappa shape index (κ1) is 19.8. The summed E-state index contributed by atoms with van der Waals surface area (Å²) in [6, 6.07) is 4.30. The fourth-order valence-corrected chi connectivity index (χ4v) is 4.77. The van der Waals surface area contributed by atoms with Gasteiger partial charge >= 0.3 is 0 Å². The lowest BCUT2D eigenvalue weighted by Gasteiger charge is -2.32. The molecule has 1 aliphatic rings. The Morgan fingerprint density at radius 1 is 1.32 bits per heavy atom. The highest BCUT2D eigenvalue weighted by Crippen LogP contribution is 2.37. The number of hydrogen-bond acceptors (Lipinski definition) is 8. The number of carbonyl (C=O) groups is 1. The van der Waals surface area contributed by atoms with E-state index in [2.05, 4.69) is 21.5 Å². The van der Waals surface area contributed by atoms with Crippen molar-refractivity contribution in [3.63, 3.8) is 0 Å². The highest BCUT2D eigenvalue weighted by molar-refractivity contribution is 7.21. The summed E-state index contributed by atoms with van der Waals surface area (Å²) in [7, 11) is 3.58. The summed E-state index contributed by atoms with van der Waals surface area (Å²) in [5.74, 6) is 2.17. The zero-order valence-electron chi connectivity index (χ0n) is 17.4. The summed E-state index contributed by atoms with van der Waals surface area (Å²) < 4.78 is 8.99. The topological polar surface area (TPSA) is 99.8 Å². The molecule has 1 saturated carbocycles. The minimum absolute atomic E-state index is 0.133. The number of carbonyl (C=O) groups excluding carboxylic acids is 1. The van der Waals surface area contributed by atoms with Crippen LogP contribution in [0.4, 0.5) is 5.82 Å². The van der Waals surface area contributed by atoms with Crippen LogP contribution < -0.4 is 5.32 Å². The molecule has 4 heterocycles. The van der Waals surface area contributed by atoms with Crippen LogP contribution in [-0.4, -0.2) is 55.3 Å². The van der Waals surface area contributed by atoms with Crippen molar-refractivity contribution in [2.45, 2.75) is 25.4 Å². The normalized spacial score (nSPS) is 18.3. The van der Waals surface area contributed by atoms with Gasteiger partial charge < -0.3 is 19.4 Å². The Morgan fingerprint density at radius 3 is 2.94 bits per heavy atom. The molecular weight excluding hydrogens is 414 g/mol. The molecule has 9 nitrogen and oxygen atoms in total. The zero-order valence-corrected chi connectivity index (χ0v) is 18.2. The van der Waals surface area contributed by atoms with Gasteiger partial charge in [0.25, 0.3) is 0 Å². The summed E-state index contributed by atoms with van der Waals surface area (Å²) in [5, 5.41) is 9.01. The Labute approximate surface area is 183 Å². The molecule has 0 aliphatic heterocycles. The molecule has 0 spiro atoms. The van der Waals surface area contributed by atoms with Crippen LogP contribution in [0.1, 0.15) is 12.8 Å². The Kier molecular flexibility index (Phi) is 5.24. The van der Waals surface area contributed by atoms with E-state index < -0.39 is 0 Å². The van der Waals surface area contributed by atoms with Gasteiger partial charge in [-0.15, -0.1) is 11.3 Å². The number of aromatic nitrogens is 6. The molecule has 4 aromatic heterocycles. The van der Waals surface area contributed by atoms with Crippen molar-refractivity contribution in [2.75, 3.05) is 19.0 Å². The maximum absolute atomic E-state index is 11.0. The van der Waals surface area contributed by atoms with Gasteiger partial charge in [0.15, 0.2) is 11.6 Å². The summed E-state index contributed by atoms with van der Waals surface area (Å²) in [6.45, 7) is 1.25. The van der Waals surface area contributed by atoms with E-state index >= 15 is 0 Å². The van der Waals surface area contributed by atoms with Gasteiger partial charge in [-0.25, -0.2) is 15.0 Å². The first-order chi connectivity index (χ1) is 15.1. The van der Waals surface area contributed by atoms with Crippen LogP contribution in [0, 0.1) is 5.92 Å². The van der Waals surface area contributed by atoms with Crippen molar-refractivity contribution in [1.29, 1.82) is 0 Å². The monoisotopic (exact) mass is 437 g/mol. The predicted molar refractivity (Wildman–Crippen MR) is 119 cm³/mol. The van der Waals surface area contributed by atoms with Crippen LogP contribution >= 0.6 is 11.3 Å². The number of thiophene rings is 1. The van der Waals surface area contributed by atoms with Crippen molar-refractivity contribution in [3.05, 3.63) is 30.7 Å². The van der Waals surface area contributed by atoms with E-state index in [1.54, 1.807) is 29.3 Å². The number of hydrogen-bond donors (Lipinski definition) is 1. The van der Waals surface area contributed by atoms with E-state index in [-0.39, 0.29) is 12.0 Å². The molecule has 4 aromatic rings. The van der Waals surface area contributed by atoms with Crippen molar-refractivity contribution in [3.8, 4) is 22.2 Å². The molecule has 1 N–H and O–H groups in total. The zero-order chi connectivity index (χ0) is 21.4. The summed E-state index contributed by atoms with van der Waals surface area (Å²) in [5.41, 5.74) is 0.907. The minimum atomic E-state index is 0.133. The van der Waals surface area contributed by atoms with Crippen LogP contribution in [0.5, 0.6) is 0 Å². The van der Waals surface area contributed by atoms with Crippen LogP contribution in [0.25, 0.3) is 32.4 Å². The van der Waals surface area contributed by atoms with Gasteiger partial charge in [-0.2, -0.15) is 5.10 Å². The van der Waals surface area contributed by atoms with Crippen molar-refractivity contribution in [1.82, 2.24) is 29.3 Å². The second kappa shape index (κ2) is 8.20. The molecule has 160 valence electrons. The van der Waals surface area contributed by atoms with E-state index in [0.717, 1.165) is 45.7 Å². The number of ether oxygens (including phenoxy) is 1. The Balaban J connectivity index is 1.57. The fraction of sp³-hybridized carbons (Fsp3) is 0.381. The summed E-state index contributed by atoms with van der Waals surface area (Å²) >= 11 is 1.59.